The van der Waals surface area contributed by atoms with Gasteiger partial charge in [0, 0.05) is 6.42 Å². The SMILES string of the molecule is COc1cc(CC(N)C(=O)O)c(F)c(Cl)c1OC. The average molecular weight is 278 g/mol. The van der Waals surface area contributed by atoms with E-state index in [9.17, 15) is 9.18 Å². The Morgan fingerprint density at radius 2 is 2.17 bits per heavy atom. The fraction of sp³-hybridized carbons (Fsp3) is 0.364. The molecule has 0 radical (unpaired) electrons. The van der Waals surface area contributed by atoms with Crippen LogP contribution in [-0.2, 0) is 11.2 Å². The van der Waals surface area contributed by atoms with Gasteiger partial charge in [-0.3, -0.25) is 4.79 Å². The van der Waals surface area contributed by atoms with E-state index >= 15 is 0 Å². The van der Waals surface area contributed by atoms with Crippen molar-refractivity contribution in [2.75, 3.05) is 14.2 Å². The van der Waals surface area contributed by atoms with Gasteiger partial charge in [0.2, 0.25) is 0 Å². The van der Waals surface area contributed by atoms with E-state index in [4.69, 9.17) is 31.9 Å². The Hall–Kier alpha value is -1.53. The number of hydrogen-bond acceptors (Lipinski definition) is 4. The Morgan fingerprint density at radius 3 is 2.61 bits per heavy atom. The molecule has 3 N–H and O–H groups in total. The fourth-order valence-electron chi connectivity index (χ4n) is 1.45. The molecule has 0 aliphatic rings. The fourth-order valence-corrected chi connectivity index (χ4v) is 1.74. The van der Waals surface area contributed by atoms with Gasteiger partial charge in [-0.2, -0.15) is 0 Å². The number of benzene rings is 1. The number of nitrogens with two attached hydrogens (primary N) is 1. The molecule has 5 nitrogen and oxygen atoms in total. The minimum Gasteiger partial charge on any atom is -0.493 e. The largest absolute Gasteiger partial charge is 0.493 e. The number of aliphatic carboxylic acids is 1. The second-order valence-electron chi connectivity index (χ2n) is 3.55. The molecule has 0 saturated heterocycles. The van der Waals surface area contributed by atoms with E-state index in [-0.39, 0.29) is 28.5 Å². The van der Waals surface area contributed by atoms with E-state index < -0.39 is 17.8 Å². The molecule has 0 aromatic heterocycles. The topological polar surface area (TPSA) is 81.8 Å². The highest BCUT2D eigenvalue weighted by molar-refractivity contribution is 6.32. The molecule has 0 spiro atoms. The molecule has 0 amide bonds. The molecule has 1 rings (SSSR count). The van der Waals surface area contributed by atoms with Gasteiger partial charge in [0.05, 0.1) is 14.2 Å². The van der Waals surface area contributed by atoms with Gasteiger partial charge in [-0.25, -0.2) is 4.39 Å². The molecule has 1 aromatic rings. The van der Waals surface area contributed by atoms with E-state index in [0.717, 1.165) is 0 Å². The molecular weight excluding hydrogens is 265 g/mol. The third kappa shape index (κ3) is 2.83. The second kappa shape index (κ2) is 5.88. The summed E-state index contributed by atoms with van der Waals surface area (Å²) in [5, 5.41) is 8.43. The Morgan fingerprint density at radius 1 is 1.56 bits per heavy atom. The summed E-state index contributed by atoms with van der Waals surface area (Å²) in [5.41, 5.74) is 5.41. The van der Waals surface area contributed by atoms with Gasteiger partial charge in [0.15, 0.2) is 11.5 Å². The van der Waals surface area contributed by atoms with Gasteiger partial charge in [-0.1, -0.05) is 11.6 Å². The zero-order valence-electron chi connectivity index (χ0n) is 9.87. The van der Waals surface area contributed by atoms with Crippen LogP contribution < -0.4 is 15.2 Å². The number of halogens is 2. The van der Waals surface area contributed by atoms with E-state index in [2.05, 4.69) is 0 Å². The Labute approximate surface area is 108 Å². The van der Waals surface area contributed by atoms with Crippen molar-refractivity contribution < 1.29 is 23.8 Å². The minimum atomic E-state index is -1.22. The predicted molar refractivity (Wildman–Crippen MR) is 63.8 cm³/mol. The molecular formula is C11H13ClFNO4. The Balaban J connectivity index is 3.21. The first-order chi connectivity index (χ1) is 8.42. The molecule has 1 unspecified atom stereocenters. The molecule has 1 aromatic carbocycles. The van der Waals surface area contributed by atoms with Crippen molar-refractivity contribution in [2.45, 2.75) is 12.5 Å². The lowest BCUT2D eigenvalue weighted by molar-refractivity contribution is -0.138. The first-order valence-electron chi connectivity index (χ1n) is 4.99. The second-order valence-corrected chi connectivity index (χ2v) is 3.93. The summed E-state index contributed by atoms with van der Waals surface area (Å²) in [6.07, 6.45) is -0.193. The highest BCUT2D eigenvalue weighted by atomic mass is 35.5. The highest BCUT2D eigenvalue weighted by Gasteiger charge is 2.21. The summed E-state index contributed by atoms with van der Waals surface area (Å²) in [7, 11) is 2.69. The molecule has 1 atom stereocenters. The molecule has 0 heterocycles. The molecule has 0 saturated carbocycles. The van der Waals surface area contributed by atoms with Crippen molar-refractivity contribution in [1.29, 1.82) is 0 Å². The van der Waals surface area contributed by atoms with Gasteiger partial charge in [0.25, 0.3) is 0 Å². The van der Waals surface area contributed by atoms with Crippen LogP contribution in [0.5, 0.6) is 11.5 Å². The Kier molecular flexibility index (Phi) is 4.75. The smallest absolute Gasteiger partial charge is 0.320 e. The average Bonchev–Trinajstić information content (AvgIpc) is 2.34. The third-order valence-corrected chi connectivity index (χ3v) is 2.72. The summed E-state index contributed by atoms with van der Waals surface area (Å²) in [6.45, 7) is 0. The number of rotatable bonds is 5. The summed E-state index contributed by atoms with van der Waals surface area (Å²) in [4.78, 5) is 10.6. The van der Waals surface area contributed by atoms with Gasteiger partial charge in [-0.05, 0) is 11.6 Å². The lowest BCUT2D eigenvalue weighted by Crippen LogP contribution is -2.32. The van der Waals surface area contributed by atoms with Crippen LogP contribution in [0, 0.1) is 5.82 Å². The summed E-state index contributed by atoms with van der Waals surface area (Å²) < 4.78 is 23.8. The number of carbonyl (C=O) groups is 1. The van der Waals surface area contributed by atoms with Crippen LogP contribution in [0.1, 0.15) is 5.56 Å². The van der Waals surface area contributed by atoms with Crippen molar-refractivity contribution >= 4 is 17.6 Å². The van der Waals surface area contributed by atoms with Gasteiger partial charge in [0.1, 0.15) is 16.9 Å². The third-order valence-electron chi connectivity index (χ3n) is 2.38. The van der Waals surface area contributed by atoms with Crippen LogP contribution in [-0.4, -0.2) is 31.3 Å². The van der Waals surface area contributed by atoms with Gasteiger partial charge in [-0.15, -0.1) is 0 Å². The zero-order chi connectivity index (χ0) is 13.9. The normalized spacial score (nSPS) is 12.1. The monoisotopic (exact) mass is 277 g/mol. The molecule has 0 fully saturated rings. The molecule has 18 heavy (non-hydrogen) atoms. The van der Waals surface area contributed by atoms with E-state index in [1.54, 1.807) is 0 Å². The molecule has 7 heteroatoms. The van der Waals surface area contributed by atoms with Crippen molar-refractivity contribution in [3.8, 4) is 11.5 Å². The quantitative estimate of drug-likeness (QED) is 0.851. The molecule has 100 valence electrons. The van der Waals surface area contributed by atoms with E-state index in [0.29, 0.717) is 0 Å². The van der Waals surface area contributed by atoms with Crippen LogP contribution in [0.2, 0.25) is 5.02 Å². The number of hydrogen-bond donors (Lipinski definition) is 2. The lowest BCUT2D eigenvalue weighted by Gasteiger charge is -2.14. The highest BCUT2D eigenvalue weighted by Crippen LogP contribution is 2.38. The summed E-state index contributed by atoms with van der Waals surface area (Å²) in [6, 6.07) is 0.108. The minimum absolute atomic E-state index is 0.0595. The van der Waals surface area contributed by atoms with Gasteiger partial charge < -0.3 is 20.3 Å². The lowest BCUT2D eigenvalue weighted by atomic mass is 10.1. The Bertz CT molecular complexity index is 467. The van der Waals surface area contributed by atoms with Crippen molar-refractivity contribution in [2.24, 2.45) is 5.73 Å². The number of ether oxygens (including phenoxy) is 2. The number of carboxylic acids is 1. The van der Waals surface area contributed by atoms with Crippen molar-refractivity contribution in [3.05, 3.63) is 22.5 Å². The standard InChI is InChI=1S/C11H13ClFNO4/c1-17-7-4-5(3-6(14)11(15)16)9(13)8(12)10(7)18-2/h4,6H,3,14H2,1-2H3,(H,15,16). The summed E-state index contributed by atoms with van der Waals surface area (Å²) in [5.74, 6) is -1.70. The maximum atomic E-state index is 13.9. The van der Waals surface area contributed by atoms with E-state index in [1.165, 1.54) is 20.3 Å². The summed E-state index contributed by atoms with van der Waals surface area (Å²) >= 11 is 5.78. The van der Waals surface area contributed by atoms with Crippen LogP contribution in [0.15, 0.2) is 6.07 Å². The van der Waals surface area contributed by atoms with Crippen molar-refractivity contribution in [3.63, 3.8) is 0 Å². The van der Waals surface area contributed by atoms with E-state index in [1.807, 2.05) is 0 Å². The van der Waals surface area contributed by atoms with Crippen LogP contribution in [0.3, 0.4) is 0 Å². The first kappa shape index (κ1) is 14.5. The first-order valence-corrected chi connectivity index (χ1v) is 5.37. The number of carboxylic acid groups (broad SMARTS) is 1. The van der Waals surface area contributed by atoms with Crippen LogP contribution >= 0.6 is 11.6 Å². The maximum Gasteiger partial charge on any atom is 0.320 e. The number of methoxy groups -OCH3 is 2. The predicted octanol–water partition coefficient (Wildman–Crippen LogP) is 1.45. The molecule has 0 aliphatic carbocycles. The van der Waals surface area contributed by atoms with Crippen molar-refractivity contribution in [1.82, 2.24) is 0 Å². The van der Waals surface area contributed by atoms with Crippen LogP contribution in [0.4, 0.5) is 4.39 Å². The van der Waals surface area contributed by atoms with Crippen LogP contribution in [0.25, 0.3) is 0 Å². The molecule has 0 bridgehead atoms. The molecule has 0 aliphatic heterocycles. The maximum absolute atomic E-state index is 13.9. The van der Waals surface area contributed by atoms with Gasteiger partial charge >= 0.3 is 5.97 Å². The zero-order valence-corrected chi connectivity index (χ0v) is 10.6.